The van der Waals surface area contributed by atoms with E-state index in [2.05, 4.69) is 12.7 Å². The molecule has 0 aromatic carbocycles. The number of aliphatic hydroxyl groups excluding tert-OH is 2. The van der Waals surface area contributed by atoms with Gasteiger partial charge in [-0.05, 0) is 6.42 Å². The highest BCUT2D eigenvalue weighted by molar-refractivity contribution is 5.61. The van der Waals surface area contributed by atoms with Crippen molar-refractivity contribution in [1.29, 1.82) is 0 Å². The number of hydrogen-bond donors (Lipinski definition) is 4. The molecule has 0 spiro atoms. The van der Waals surface area contributed by atoms with Crippen molar-refractivity contribution in [2.24, 2.45) is 5.73 Å². The summed E-state index contributed by atoms with van der Waals surface area (Å²) >= 11 is 0. The zero-order valence-corrected chi connectivity index (χ0v) is 18.2. The standard InChI is InChI=1S/C21H44O3.CH3NO2/c1-2-3-4-5-6-7-8-9-10-11-12-13-14-15-16-17-18-24-20-21(23)19-22;2-1(3)4/h21-23H,2-20H2,1H3;2H2,(H,3,4). The fraction of sp³-hybridized carbons (Fsp3) is 0.955. The maximum Gasteiger partial charge on any atom is 0.402 e. The van der Waals surface area contributed by atoms with Gasteiger partial charge >= 0.3 is 6.09 Å². The predicted octanol–water partition coefficient (Wildman–Crippen LogP) is 5.24. The molecule has 6 heteroatoms. The average molecular weight is 406 g/mol. The second-order valence-corrected chi connectivity index (χ2v) is 7.55. The fourth-order valence-corrected chi connectivity index (χ4v) is 3.02. The van der Waals surface area contributed by atoms with Gasteiger partial charge in [-0.25, -0.2) is 4.79 Å². The Morgan fingerprint density at radius 3 is 1.43 bits per heavy atom. The van der Waals surface area contributed by atoms with Gasteiger partial charge in [-0.1, -0.05) is 103 Å². The highest BCUT2D eigenvalue weighted by Crippen LogP contribution is 2.13. The summed E-state index contributed by atoms with van der Waals surface area (Å²) in [5, 5.41) is 25.0. The Balaban J connectivity index is 0. The maximum absolute atomic E-state index is 9.12. The van der Waals surface area contributed by atoms with Crippen molar-refractivity contribution in [2.75, 3.05) is 19.8 Å². The Labute approximate surface area is 172 Å². The van der Waals surface area contributed by atoms with Crippen molar-refractivity contribution in [3.63, 3.8) is 0 Å². The zero-order chi connectivity index (χ0) is 21.3. The molecule has 28 heavy (non-hydrogen) atoms. The van der Waals surface area contributed by atoms with Crippen molar-refractivity contribution >= 4 is 6.09 Å². The highest BCUT2D eigenvalue weighted by Gasteiger charge is 2.00. The van der Waals surface area contributed by atoms with Crippen LogP contribution in [0.5, 0.6) is 0 Å². The van der Waals surface area contributed by atoms with E-state index >= 15 is 0 Å². The summed E-state index contributed by atoms with van der Waals surface area (Å²) in [4.78, 5) is 8.78. The third kappa shape index (κ3) is 32.8. The molecule has 1 amide bonds. The van der Waals surface area contributed by atoms with Crippen LogP contribution in [-0.4, -0.2) is 47.3 Å². The van der Waals surface area contributed by atoms with Crippen LogP contribution in [0.4, 0.5) is 4.79 Å². The number of primary amides is 1. The Morgan fingerprint density at radius 2 is 1.11 bits per heavy atom. The fourth-order valence-electron chi connectivity index (χ4n) is 3.02. The molecular formula is C22H47NO5. The van der Waals surface area contributed by atoms with E-state index in [4.69, 9.17) is 24.9 Å². The molecule has 5 N–H and O–H groups in total. The Kier molecular flexibility index (Phi) is 27.4. The molecule has 0 heterocycles. The maximum atomic E-state index is 9.12. The minimum absolute atomic E-state index is 0.209. The number of carbonyl (C=O) groups is 1. The predicted molar refractivity (Wildman–Crippen MR) is 116 cm³/mol. The summed E-state index contributed by atoms with van der Waals surface area (Å²) in [6.07, 6.45) is 19.9. The average Bonchev–Trinajstić information content (AvgIpc) is 2.66. The van der Waals surface area contributed by atoms with E-state index in [1.165, 1.54) is 96.3 Å². The lowest BCUT2D eigenvalue weighted by Crippen LogP contribution is -2.19. The lowest BCUT2D eigenvalue weighted by Gasteiger charge is -2.08. The molecule has 1 atom stereocenters. The largest absolute Gasteiger partial charge is 0.465 e. The lowest BCUT2D eigenvalue weighted by molar-refractivity contribution is 0.00526. The van der Waals surface area contributed by atoms with Gasteiger partial charge in [-0.2, -0.15) is 0 Å². The normalized spacial score (nSPS) is 11.7. The molecule has 0 aliphatic rings. The first-order valence-electron chi connectivity index (χ1n) is 11.4. The van der Waals surface area contributed by atoms with Gasteiger partial charge in [0.25, 0.3) is 0 Å². The summed E-state index contributed by atoms with van der Waals surface area (Å²) < 4.78 is 5.30. The minimum Gasteiger partial charge on any atom is -0.465 e. The third-order valence-corrected chi connectivity index (χ3v) is 4.66. The van der Waals surface area contributed by atoms with E-state index in [-0.39, 0.29) is 13.2 Å². The monoisotopic (exact) mass is 405 g/mol. The number of nitrogens with two attached hydrogens (primary N) is 1. The lowest BCUT2D eigenvalue weighted by atomic mass is 10.0. The van der Waals surface area contributed by atoms with Crippen molar-refractivity contribution in [2.45, 2.75) is 116 Å². The molecule has 0 bridgehead atoms. The number of amides is 1. The van der Waals surface area contributed by atoms with E-state index in [1.54, 1.807) is 0 Å². The molecule has 0 rings (SSSR count). The van der Waals surface area contributed by atoms with Gasteiger partial charge in [0, 0.05) is 6.61 Å². The van der Waals surface area contributed by atoms with E-state index in [1.807, 2.05) is 0 Å². The van der Waals surface area contributed by atoms with Gasteiger partial charge in [-0.3, -0.25) is 0 Å². The first kappa shape index (κ1) is 29.4. The summed E-state index contributed by atoms with van der Waals surface area (Å²) in [6.45, 7) is 3.03. The molecule has 0 aliphatic carbocycles. The zero-order valence-electron chi connectivity index (χ0n) is 18.2. The van der Waals surface area contributed by atoms with Gasteiger partial charge in [-0.15, -0.1) is 0 Å². The van der Waals surface area contributed by atoms with E-state index in [0.29, 0.717) is 6.61 Å². The Morgan fingerprint density at radius 1 is 0.786 bits per heavy atom. The topological polar surface area (TPSA) is 113 Å². The molecule has 0 aromatic heterocycles. The molecule has 0 aromatic rings. The molecule has 170 valence electrons. The minimum atomic E-state index is -1.33. The second-order valence-electron chi connectivity index (χ2n) is 7.55. The number of hydrogen-bond acceptors (Lipinski definition) is 4. The van der Waals surface area contributed by atoms with Crippen molar-refractivity contribution in [3.8, 4) is 0 Å². The Bertz CT molecular complexity index is 299. The van der Waals surface area contributed by atoms with Crippen LogP contribution in [0.15, 0.2) is 0 Å². The number of unbranched alkanes of at least 4 members (excludes halogenated alkanes) is 15. The molecule has 0 saturated heterocycles. The molecule has 0 radical (unpaired) electrons. The molecular weight excluding hydrogens is 358 g/mol. The first-order chi connectivity index (χ1) is 13.5. The van der Waals surface area contributed by atoms with Crippen molar-refractivity contribution in [1.82, 2.24) is 0 Å². The molecule has 0 fully saturated rings. The SMILES string of the molecule is CCCCCCCCCCCCCCCCCCOCC(O)CO.NC(=O)O. The van der Waals surface area contributed by atoms with Crippen LogP contribution in [0.3, 0.4) is 0 Å². The number of ether oxygens (including phenoxy) is 1. The third-order valence-electron chi connectivity index (χ3n) is 4.66. The van der Waals surface area contributed by atoms with Gasteiger partial charge < -0.3 is 25.8 Å². The smallest absolute Gasteiger partial charge is 0.402 e. The van der Waals surface area contributed by atoms with Crippen molar-refractivity contribution in [3.05, 3.63) is 0 Å². The highest BCUT2D eigenvalue weighted by atomic mass is 16.5. The van der Waals surface area contributed by atoms with Crippen LogP contribution in [-0.2, 0) is 4.74 Å². The summed E-state index contributed by atoms with van der Waals surface area (Å²) in [5.74, 6) is 0. The van der Waals surface area contributed by atoms with E-state index in [9.17, 15) is 0 Å². The summed E-state index contributed by atoms with van der Waals surface area (Å²) in [6, 6.07) is 0. The van der Waals surface area contributed by atoms with Crippen LogP contribution < -0.4 is 5.73 Å². The molecule has 0 aliphatic heterocycles. The quantitative estimate of drug-likeness (QED) is 0.207. The van der Waals surface area contributed by atoms with Gasteiger partial charge in [0.2, 0.25) is 0 Å². The van der Waals surface area contributed by atoms with Crippen LogP contribution in [0.25, 0.3) is 0 Å². The van der Waals surface area contributed by atoms with Crippen LogP contribution in [0.2, 0.25) is 0 Å². The molecule has 0 saturated carbocycles. The van der Waals surface area contributed by atoms with Gasteiger partial charge in [0.05, 0.1) is 13.2 Å². The van der Waals surface area contributed by atoms with Gasteiger partial charge in [0.1, 0.15) is 6.10 Å². The molecule has 6 nitrogen and oxygen atoms in total. The number of carboxylic acid groups (broad SMARTS) is 1. The number of rotatable bonds is 20. The van der Waals surface area contributed by atoms with E-state index < -0.39 is 12.2 Å². The summed E-state index contributed by atoms with van der Waals surface area (Å²) in [5.41, 5.74) is 4.03. The van der Waals surface area contributed by atoms with Crippen LogP contribution >= 0.6 is 0 Å². The summed E-state index contributed by atoms with van der Waals surface area (Å²) in [7, 11) is 0. The van der Waals surface area contributed by atoms with Crippen molar-refractivity contribution < 1.29 is 24.9 Å². The number of aliphatic hydroxyl groups is 2. The first-order valence-corrected chi connectivity index (χ1v) is 11.4. The van der Waals surface area contributed by atoms with E-state index in [0.717, 1.165) is 6.42 Å². The second kappa shape index (κ2) is 26.1. The van der Waals surface area contributed by atoms with Crippen LogP contribution in [0, 0.1) is 0 Å². The van der Waals surface area contributed by atoms with Gasteiger partial charge in [0.15, 0.2) is 0 Å². The van der Waals surface area contributed by atoms with Crippen LogP contribution in [0.1, 0.15) is 110 Å². The Hall–Kier alpha value is -0.850. The molecule has 1 unspecified atom stereocenters.